The van der Waals surface area contributed by atoms with Crippen molar-refractivity contribution in [3.63, 3.8) is 0 Å². The van der Waals surface area contributed by atoms with E-state index in [9.17, 15) is 18.6 Å². The number of aliphatic hydroxyl groups is 2. The third kappa shape index (κ3) is 2.70. The van der Waals surface area contributed by atoms with E-state index < -0.39 is 38.8 Å². The summed E-state index contributed by atoms with van der Waals surface area (Å²) in [6, 6.07) is 13.4. The molecule has 1 aromatic carbocycles. The Morgan fingerprint density at radius 3 is 2.52 bits per heavy atom. The molecule has 5 atom stereocenters. The van der Waals surface area contributed by atoms with Gasteiger partial charge in [0.15, 0.2) is 10.6 Å². The number of sulfone groups is 1. The standard InChI is InChI=1S/C22H20N2O6S/c1-29-14-11-23-12-15-18(14)22(26)20(25)19(31(27,28)16-9-5-6-10-24-16)17(21(22)30-15)13-7-3-2-4-8-13/h2-12,17,19-21,25-26H,1H3/t17-,19-,20-,21-,22+/m1/s1. The van der Waals surface area contributed by atoms with Gasteiger partial charge < -0.3 is 19.7 Å². The number of pyridine rings is 2. The molecule has 1 aliphatic carbocycles. The normalized spacial score (nSPS) is 29.1. The molecule has 0 saturated heterocycles. The number of ether oxygens (including phenoxy) is 2. The van der Waals surface area contributed by atoms with Gasteiger partial charge in [-0.3, -0.25) is 4.98 Å². The summed E-state index contributed by atoms with van der Waals surface area (Å²) in [6.45, 7) is 0. The molecule has 0 spiro atoms. The quantitative estimate of drug-likeness (QED) is 0.626. The predicted octanol–water partition coefficient (Wildman–Crippen LogP) is 1.43. The minimum absolute atomic E-state index is 0.175. The van der Waals surface area contributed by atoms with Crippen LogP contribution in [0.3, 0.4) is 0 Å². The van der Waals surface area contributed by atoms with Crippen molar-refractivity contribution in [2.24, 2.45) is 0 Å². The largest absolute Gasteiger partial charge is 0.495 e. The van der Waals surface area contributed by atoms with Crippen LogP contribution in [0.1, 0.15) is 17.0 Å². The zero-order valence-corrected chi connectivity index (χ0v) is 17.3. The van der Waals surface area contributed by atoms with Crippen molar-refractivity contribution in [1.29, 1.82) is 0 Å². The molecule has 9 heteroatoms. The summed E-state index contributed by atoms with van der Waals surface area (Å²) >= 11 is 0. The number of hydrogen-bond donors (Lipinski definition) is 2. The Balaban J connectivity index is 1.74. The van der Waals surface area contributed by atoms with E-state index in [0.29, 0.717) is 5.56 Å². The molecule has 0 radical (unpaired) electrons. The molecular formula is C22H20N2O6S. The number of aromatic nitrogens is 2. The average Bonchev–Trinajstić information content (AvgIpc) is 3.22. The molecule has 2 N–H and O–H groups in total. The highest BCUT2D eigenvalue weighted by molar-refractivity contribution is 7.92. The number of rotatable bonds is 4. The van der Waals surface area contributed by atoms with Gasteiger partial charge in [0.05, 0.1) is 25.1 Å². The maximum atomic E-state index is 13.6. The van der Waals surface area contributed by atoms with Crippen molar-refractivity contribution in [3.8, 4) is 11.5 Å². The third-order valence-electron chi connectivity index (χ3n) is 6.10. The number of fused-ring (bicyclic) bond motifs is 3. The van der Waals surface area contributed by atoms with Crippen LogP contribution in [0.25, 0.3) is 0 Å². The third-order valence-corrected chi connectivity index (χ3v) is 8.19. The fraction of sp³-hybridized carbons (Fsp3) is 0.273. The topological polar surface area (TPSA) is 119 Å². The second kappa shape index (κ2) is 7.01. The first kappa shape index (κ1) is 19.9. The van der Waals surface area contributed by atoms with Crippen LogP contribution in [0.5, 0.6) is 11.5 Å². The molecule has 0 amide bonds. The van der Waals surface area contributed by atoms with Gasteiger partial charge in [-0.2, -0.15) is 0 Å². The first-order valence-corrected chi connectivity index (χ1v) is 11.2. The summed E-state index contributed by atoms with van der Waals surface area (Å²) in [4.78, 5) is 8.05. The molecule has 1 aliphatic heterocycles. The van der Waals surface area contributed by atoms with Crippen molar-refractivity contribution < 1.29 is 28.1 Å². The Kier molecular flexibility index (Phi) is 4.51. The molecule has 1 saturated carbocycles. The van der Waals surface area contributed by atoms with Crippen LogP contribution in [-0.4, -0.2) is 53.2 Å². The van der Waals surface area contributed by atoms with E-state index in [1.165, 1.54) is 31.8 Å². The van der Waals surface area contributed by atoms with Crippen molar-refractivity contribution in [2.75, 3.05) is 7.11 Å². The van der Waals surface area contributed by atoms with Gasteiger partial charge in [-0.1, -0.05) is 36.4 Å². The first-order valence-electron chi connectivity index (χ1n) is 9.70. The molecule has 160 valence electrons. The van der Waals surface area contributed by atoms with Crippen molar-refractivity contribution in [1.82, 2.24) is 9.97 Å². The Morgan fingerprint density at radius 1 is 1.10 bits per heavy atom. The number of hydrogen-bond acceptors (Lipinski definition) is 8. The lowest BCUT2D eigenvalue weighted by Crippen LogP contribution is -2.45. The Labute approximate surface area is 179 Å². The lowest BCUT2D eigenvalue weighted by Gasteiger charge is -2.27. The number of methoxy groups -OCH3 is 1. The summed E-state index contributed by atoms with van der Waals surface area (Å²) in [6.07, 6.45) is 1.43. The monoisotopic (exact) mass is 440 g/mol. The smallest absolute Gasteiger partial charge is 0.201 e. The fourth-order valence-corrected chi connectivity index (χ4v) is 6.76. The van der Waals surface area contributed by atoms with Crippen LogP contribution < -0.4 is 9.47 Å². The van der Waals surface area contributed by atoms with Gasteiger partial charge in [-0.25, -0.2) is 13.4 Å². The highest BCUT2D eigenvalue weighted by Crippen LogP contribution is 2.59. The molecule has 2 aromatic heterocycles. The van der Waals surface area contributed by atoms with Crippen molar-refractivity contribution >= 4 is 9.84 Å². The maximum absolute atomic E-state index is 13.6. The fourth-order valence-electron chi connectivity index (χ4n) is 4.77. The van der Waals surface area contributed by atoms with Crippen LogP contribution in [0.2, 0.25) is 0 Å². The summed E-state index contributed by atoms with van der Waals surface area (Å²) in [5, 5.41) is 21.6. The number of aliphatic hydroxyl groups excluding tert-OH is 1. The Hall–Kier alpha value is -3.01. The van der Waals surface area contributed by atoms with Crippen LogP contribution in [0.15, 0.2) is 72.1 Å². The molecule has 8 nitrogen and oxygen atoms in total. The average molecular weight is 440 g/mol. The van der Waals surface area contributed by atoms with E-state index in [1.807, 2.05) is 0 Å². The lowest BCUT2D eigenvalue weighted by molar-refractivity contribution is -0.0914. The number of nitrogens with zero attached hydrogens (tertiary/aromatic N) is 2. The van der Waals surface area contributed by atoms with Gasteiger partial charge in [-0.05, 0) is 17.7 Å². The van der Waals surface area contributed by atoms with Gasteiger partial charge in [0.2, 0.25) is 9.84 Å². The molecule has 31 heavy (non-hydrogen) atoms. The van der Waals surface area contributed by atoms with Crippen LogP contribution in [0, 0.1) is 0 Å². The molecule has 2 aliphatic rings. The highest BCUT2D eigenvalue weighted by Gasteiger charge is 2.70. The summed E-state index contributed by atoms with van der Waals surface area (Å²) in [7, 11) is -2.74. The van der Waals surface area contributed by atoms with E-state index in [2.05, 4.69) is 9.97 Å². The second-order valence-corrected chi connectivity index (χ2v) is 9.69. The van der Waals surface area contributed by atoms with Gasteiger partial charge in [-0.15, -0.1) is 0 Å². The molecule has 1 fully saturated rings. The van der Waals surface area contributed by atoms with Crippen LogP contribution in [0.4, 0.5) is 0 Å². The van der Waals surface area contributed by atoms with Gasteiger partial charge >= 0.3 is 0 Å². The lowest BCUT2D eigenvalue weighted by atomic mass is 9.87. The van der Waals surface area contributed by atoms with Crippen LogP contribution in [-0.2, 0) is 15.4 Å². The maximum Gasteiger partial charge on any atom is 0.201 e. The molecule has 3 heterocycles. The van der Waals surface area contributed by atoms with E-state index in [0.717, 1.165) is 0 Å². The van der Waals surface area contributed by atoms with Gasteiger partial charge in [0.1, 0.15) is 29.0 Å². The van der Waals surface area contributed by atoms with Crippen molar-refractivity contribution in [3.05, 3.63) is 78.2 Å². The molecule has 5 rings (SSSR count). The Morgan fingerprint density at radius 2 is 1.84 bits per heavy atom. The second-order valence-electron chi connectivity index (χ2n) is 7.64. The molecule has 0 bridgehead atoms. The molecule has 3 aromatic rings. The predicted molar refractivity (Wildman–Crippen MR) is 110 cm³/mol. The van der Waals surface area contributed by atoms with Crippen molar-refractivity contribution in [2.45, 2.75) is 34.0 Å². The summed E-state index contributed by atoms with van der Waals surface area (Å²) in [5.41, 5.74) is -1.20. The van der Waals surface area contributed by atoms with Crippen LogP contribution >= 0.6 is 0 Å². The first-order chi connectivity index (χ1) is 14.9. The summed E-state index contributed by atoms with van der Waals surface area (Å²) < 4.78 is 38.7. The minimum Gasteiger partial charge on any atom is -0.495 e. The zero-order valence-electron chi connectivity index (χ0n) is 16.5. The van der Waals surface area contributed by atoms with E-state index >= 15 is 0 Å². The number of benzene rings is 1. The molecule has 0 unspecified atom stereocenters. The summed E-state index contributed by atoms with van der Waals surface area (Å²) in [5.74, 6) is -0.407. The zero-order chi connectivity index (χ0) is 21.8. The Bertz CT molecular complexity index is 1220. The minimum atomic E-state index is -4.15. The van der Waals surface area contributed by atoms with E-state index in [-0.39, 0.29) is 22.1 Å². The van der Waals surface area contributed by atoms with E-state index in [4.69, 9.17) is 9.47 Å². The SMILES string of the molecule is COc1cncc2c1[C@]1(O)[C@H](O)[C@H](S(=O)(=O)c3ccccn3)[C@@H](c3ccccc3)[C@H]1O2. The van der Waals surface area contributed by atoms with Gasteiger partial charge in [0, 0.05) is 12.1 Å². The van der Waals surface area contributed by atoms with Gasteiger partial charge in [0.25, 0.3) is 0 Å². The molecular weight excluding hydrogens is 420 g/mol. The van der Waals surface area contributed by atoms with E-state index in [1.54, 1.807) is 42.5 Å². The highest BCUT2D eigenvalue weighted by atomic mass is 32.2.